The van der Waals surface area contributed by atoms with Gasteiger partial charge in [0.05, 0.1) is 17.6 Å². The first-order valence-corrected chi connectivity index (χ1v) is 9.51. The molecule has 0 aliphatic rings. The number of amides is 1. The third-order valence-electron chi connectivity index (χ3n) is 4.65. The summed E-state index contributed by atoms with van der Waals surface area (Å²) in [6.07, 6.45) is 0. The molecule has 0 bridgehead atoms. The molecule has 0 saturated heterocycles. The van der Waals surface area contributed by atoms with Gasteiger partial charge in [-0.15, -0.1) is 0 Å². The number of hydrogen-bond acceptors (Lipinski definition) is 2. The molecule has 1 N–H and O–H groups in total. The number of carbonyl (C=O) groups excluding carboxylic acids is 1. The summed E-state index contributed by atoms with van der Waals surface area (Å²) in [6, 6.07) is 23.4. The van der Waals surface area contributed by atoms with Crippen molar-refractivity contribution in [2.75, 3.05) is 0 Å². The van der Waals surface area contributed by atoms with Gasteiger partial charge >= 0.3 is 0 Å². The van der Waals surface area contributed by atoms with Crippen LogP contribution in [0.4, 0.5) is 0 Å². The minimum Gasteiger partial charge on any atom is -0.345 e. The van der Waals surface area contributed by atoms with Crippen LogP contribution in [0.3, 0.4) is 0 Å². The van der Waals surface area contributed by atoms with Crippen molar-refractivity contribution in [1.82, 2.24) is 14.9 Å². The Balaban J connectivity index is 1.62. The monoisotopic (exact) mass is 389 g/mol. The molecule has 0 aliphatic carbocycles. The van der Waals surface area contributed by atoms with E-state index in [-0.39, 0.29) is 5.91 Å². The first kappa shape index (κ1) is 18.3. The smallest absolute Gasteiger partial charge is 0.251 e. The van der Waals surface area contributed by atoms with Gasteiger partial charge < -0.3 is 9.88 Å². The highest BCUT2D eigenvalue weighted by Gasteiger charge is 2.13. The number of imidazole rings is 1. The number of halogens is 1. The average Bonchev–Trinajstić information content (AvgIpc) is 3.04. The molecule has 0 atom stereocenters. The van der Waals surface area contributed by atoms with Crippen LogP contribution in [-0.4, -0.2) is 15.5 Å². The van der Waals surface area contributed by atoms with Gasteiger partial charge in [0.2, 0.25) is 0 Å². The number of benzene rings is 3. The number of fused-ring (bicyclic) bond motifs is 1. The Morgan fingerprint density at radius 2 is 1.86 bits per heavy atom. The highest BCUT2D eigenvalue weighted by molar-refractivity contribution is 6.30. The molecule has 1 aromatic heterocycles. The topological polar surface area (TPSA) is 46.9 Å². The molecular formula is C23H20ClN3O. The van der Waals surface area contributed by atoms with Gasteiger partial charge in [-0.3, -0.25) is 4.79 Å². The van der Waals surface area contributed by atoms with E-state index >= 15 is 0 Å². The number of aryl methyl sites for hydroxylation is 1. The second-order valence-corrected chi connectivity index (χ2v) is 7.22. The number of aromatic nitrogens is 2. The fourth-order valence-electron chi connectivity index (χ4n) is 3.32. The molecule has 0 fully saturated rings. The maximum Gasteiger partial charge on any atom is 0.251 e. The third-order valence-corrected chi connectivity index (χ3v) is 4.89. The van der Waals surface area contributed by atoms with Crippen molar-refractivity contribution < 1.29 is 4.79 Å². The lowest BCUT2D eigenvalue weighted by atomic mass is 10.1. The van der Waals surface area contributed by atoms with Gasteiger partial charge in [0.15, 0.2) is 0 Å². The van der Waals surface area contributed by atoms with Gasteiger partial charge in [-0.25, -0.2) is 4.98 Å². The standard InChI is InChI=1S/C23H20ClN3O/c1-16-6-4-7-17(12-16)15-27-21-11-3-2-10-20(21)26-22(27)14-25-23(28)18-8-5-9-19(24)13-18/h2-13H,14-15H2,1H3,(H,25,28). The second-order valence-electron chi connectivity index (χ2n) is 6.78. The van der Waals surface area contributed by atoms with E-state index in [2.05, 4.69) is 47.1 Å². The van der Waals surface area contributed by atoms with Crippen molar-refractivity contribution in [1.29, 1.82) is 0 Å². The molecular weight excluding hydrogens is 370 g/mol. The molecule has 0 radical (unpaired) electrons. The zero-order chi connectivity index (χ0) is 19.5. The number of nitrogens with zero attached hydrogens (tertiary/aromatic N) is 2. The summed E-state index contributed by atoms with van der Waals surface area (Å²) in [5.74, 6) is 0.648. The van der Waals surface area contributed by atoms with Crippen LogP contribution in [0.5, 0.6) is 0 Å². The molecule has 0 aliphatic heterocycles. The summed E-state index contributed by atoms with van der Waals surface area (Å²) in [5, 5.41) is 3.50. The lowest BCUT2D eigenvalue weighted by molar-refractivity contribution is 0.0949. The van der Waals surface area contributed by atoms with Crippen molar-refractivity contribution in [2.24, 2.45) is 0 Å². The van der Waals surface area contributed by atoms with Crippen LogP contribution in [0.25, 0.3) is 11.0 Å². The SMILES string of the molecule is Cc1cccc(Cn2c(CNC(=O)c3cccc(Cl)c3)nc3ccccc32)c1. The van der Waals surface area contributed by atoms with E-state index < -0.39 is 0 Å². The van der Waals surface area contributed by atoms with Crippen molar-refractivity contribution in [3.05, 3.63) is 100 Å². The van der Waals surface area contributed by atoms with Crippen molar-refractivity contribution in [3.63, 3.8) is 0 Å². The summed E-state index contributed by atoms with van der Waals surface area (Å²) in [4.78, 5) is 17.2. The van der Waals surface area contributed by atoms with Crippen molar-refractivity contribution in [3.8, 4) is 0 Å². The maximum atomic E-state index is 12.5. The van der Waals surface area contributed by atoms with Gasteiger partial charge in [-0.2, -0.15) is 0 Å². The minimum absolute atomic E-state index is 0.170. The number of hydrogen-bond donors (Lipinski definition) is 1. The van der Waals surface area contributed by atoms with Gasteiger partial charge in [0.25, 0.3) is 5.91 Å². The minimum atomic E-state index is -0.170. The van der Waals surface area contributed by atoms with E-state index in [1.807, 2.05) is 18.2 Å². The molecule has 0 saturated carbocycles. The molecule has 1 amide bonds. The lowest BCUT2D eigenvalue weighted by Gasteiger charge is -2.11. The van der Waals surface area contributed by atoms with Crippen LogP contribution in [0.2, 0.25) is 5.02 Å². The molecule has 0 spiro atoms. The predicted octanol–water partition coefficient (Wildman–Crippen LogP) is 4.98. The maximum absolute atomic E-state index is 12.5. The quantitative estimate of drug-likeness (QED) is 0.523. The lowest BCUT2D eigenvalue weighted by Crippen LogP contribution is -2.24. The molecule has 0 unspecified atom stereocenters. The van der Waals surface area contributed by atoms with Gasteiger partial charge in [-0.05, 0) is 42.8 Å². The van der Waals surface area contributed by atoms with Crippen LogP contribution in [0, 0.1) is 6.92 Å². The van der Waals surface area contributed by atoms with E-state index in [1.54, 1.807) is 24.3 Å². The van der Waals surface area contributed by atoms with E-state index in [9.17, 15) is 4.79 Å². The third kappa shape index (κ3) is 3.92. The first-order valence-electron chi connectivity index (χ1n) is 9.13. The summed E-state index contributed by atoms with van der Waals surface area (Å²) in [6.45, 7) is 3.12. The Morgan fingerprint density at radius 1 is 1.04 bits per heavy atom. The number of rotatable bonds is 5. The molecule has 4 aromatic rings. The molecule has 3 aromatic carbocycles. The Morgan fingerprint density at radius 3 is 2.68 bits per heavy atom. The highest BCUT2D eigenvalue weighted by Crippen LogP contribution is 2.19. The van der Waals surface area contributed by atoms with Crippen LogP contribution < -0.4 is 5.32 Å². The van der Waals surface area contributed by atoms with Crippen LogP contribution in [0.15, 0.2) is 72.8 Å². The second kappa shape index (κ2) is 7.87. The van der Waals surface area contributed by atoms with Crippen LogP contribution >= 0.6 is 11.6 Å². The molecule has 1 heterocycles. The molecule has 4 rings (SSSR count). The molecule has 4 nitrogen and oxygen atoms in total. The van der Waals surface area contributed by atoms with E-state index in [4.69, 9.17) is 16.6 Å². The normalized spacial score (nSPS) is 10.9. The van der Waals surface area contributed by atoms with E-state index in [0.29, 0.717) is 23.7 Å². The number of para-hydroxylation sites is 2. The fourth-order valence-corrected chi connectivity index (χ4v) is 3.51. The number of carbonyl (C=O) groups is 1. The van der Waals surface area contributed by atoms with Gasteiger partial charge in [-0.1, -0.05) is 59.6 Å². The summed E-state index contributed by atoms with van der Waals surface area (Å²) < 4.78 is 2.16. The van der Waals surface area contributed by atoms with E-state index in [0.717, 1.165) is 16.9 Å². The Hall–Kier alpha value is -3.11. The molecule has 28 heavy (non-hydrogen) atoms. The first-order chi connectivity index (χ1) is 13.6. The summed E-state index contributed by atoms with van der Waals surface area (Å²) >= 11 is 5.99. The fraction of sp³-hybridized carbons (Fsp3) is 0.130. The summed E-state index contributed by atoms with van der Waals surface area (Å²) in [5.41, 5.74) is 4.93. The summed E-state index contributed by atoms with van der Waals surface area (Å²) in [7, 11) is 0. The zero-order valence-corrected chi connectivity index (χ0v) is 16.3. The van der Waals surface area contributed by atoms with E-state index in [1.165, 1.54) is 11.1 Å². The van der Waals surface area contributed by atoms with Crippen LogP contribution in [-0.2, 0) is 13.1 Å². The largest absolute Gasteiger partial charge is 0.345 e. The highest BCUT2D eigenvalue weighted by atomic mass is 35.5. The predicted molar refractivity (Wildman–Crippen MR) is 113 cm³/mol. The Kier molecular flexibility index (Phi) is 5.13. The molecule has 5 heteroatoms. The zero-order valence-electron chi connectivity index (χ0n) is 15.5. The van der Waals surface area contributed by atoms with Crippen LogP contribution in [0.1, 0.15) is 27.3 Å². The Labute approximate surface area is 168 Å². The average molecular weight is 390 g/mol. The number of nitrogens with one attached hydrogen (secondary N) is 1. The molecule has 140 valence electrons. The van der Waals surface area contributed by atoms with Crippen molar-refractivity contribution in [2.45, 2.75) is 20.0 Å². The van der Waals surface area contributed by atoms with Gasteiger partial charge in [0.1, 0.15) is 5.82 Å². The van der Waals surface area contributed by atoms with Gasteiger partial charge in [0, 0.05) is 17.1 Å². The Bertz CT molecular complexity index is 1150. The van der Waals surface area contributed by atoms with Crippen molar-refractivity contribution >= 4 is 28.5 Å².